The topological polar surface area (TPSA) is 55.8 Å². The average molecular weight is 353 g/mol. The van der Waals surface area contributed by atoms with Crippen LogP contribution in [0.15, 0.2) is 29.2 Å². The van der Waals surface area contributed by atoms with Crippen molar-refractivity contribution in [1.82, 2.24) is 4.31 Å². The molecule has 0 bridgehead atoms. The van der Waals surface area contributed by atoms with Crippen LogP contribution in [0, 0.1) is 0 Å². The van der Waals surface area contributed by atoms with Crippen molar-refractivity contribution < 1.29 is 17.9 Å². The van der Waals surface area contributed by atoms with Gasteiger partial charge in [0, 0.05) is 25.9 Å². The van der Waals surface area contributed by atoms with Crippen LogP contribution in [0.5, 0.6) is 0 Å². The molecule has 0 unspecified atom stereocenters. The highest BCUT2D eigenvalue weighted by Crippen LogP contribution is 2.33. The number of nitrogens with zero attached hydrogens (tertiary/aromatic N) is 1. The minimum Gasteiger partial charge on any atom is -0.350 e. The zero-order chi connectivity index (χ0) is 17.4. The van der Waals surface area contributed by atoms with Gasteiger partial charge in [0.25, 0.3) is 0 Å². The largest absolute Gasteiger partial charge is 0.350 e. The fourth-order valence-electron chi connectivity index (χ4n) is 3.25. The van der Waals surface area contributed by atoms with Crippen LogP contribution in [0.1, 0.15) is 45.6 Å². The molecule has 1 aromatic rings. The SMILES string of the molecule is CC(C)(C)c1ccc(S(=O)(=O)N2CCC3(CC2)OCCCO3)cc1. The molecule has 0 saturated carbocycles. The van der Waals surface area contributed by atoms with E-state index in [2.05, 4.69) is 20.8 Å². The molecule has 0 N–H and O–H groups in total. The van der Waals surface area contributed by atoms with Crippen molar-refractivity contribution in [2.24, 2.45) is 0 Å². The van der Waals surface area contributed by atoms with Crippen LogP contribution in [0.4, 0.5) is 0 Å². The van der Waals surface area contributed by atoms with Gasteiger partial charge in [-0.15, -0.1) is 0 Å². The fourth-order valence-corrected chi connectivity index (χ4v) is 4.69. The van der Waals surface area contributed by atoms with Crippen molar-refractivity contribution in [1.29, 1.82) is 0 Å². The zero-order valence-electron chi connectivity index (χ0n) is 14.7. The number of rotatable bonds is 2. The third kappa shape index (κ3) is 3.52. The molecule has 1 spiro atoms. The monoisotopic (exact) mass is 353 g/mol. The Hall–Kier alpha value is -0.950. The lowest BCUT2D eigenvalue weighted by Crippen LogP contribution is -2.51. The van der Waals surface area contributed by atoms with Crippen molar-refractivity contribution in [2.45, 2.75) is 56.1 Å². The van der Waals surface area contributed by atoms with Crippen LogP contribution >= 0.6 is 0 Å². The molecule has 6 heteroatoms. The summed E-state index contributed by atoms with van der Waals surface area (Å²) in [6.45, 7) is 8.61. The van der Waals surface area contributed by atoms with E-state index in [1.165, 1.54) is 0 Å². The van der Waals surface area contributed by atoms with Gasteiger partial charge < -0.3 is 9.47 Å². The molecule has 2 fully saturated rings. The Balaban J connectivity index is 1.72. The van der Waals surface area contributed by atoms with E-state index in [0.29, 0.717) is 44.0 Å². The standard InChI is InChI=1S/C18H27NO4S/c1-17(2,3)15-5-7-16(8-6-15)24(20,21)19-11-9-18(10-12-19)22-13-4-14-23-18/h5-8H,4,9-14H2,1-3H3. The van der Waals surface area contributed by atoms with Gasteiger partial charge in [-0.3, -0.25) is 0 Å². The molecule has 0 atom stereocenters. The predicted molar refractivity (Wildman–Crippen MR) is 92.4 cm³/mol. The van der Waals surface area contributed by atoms with Crippen LogP contribution in [0.25, 0.3) is 0 Å². The number of benzene rings is 1. The number of hydrogen-bond donors (Lipinski definition) is 0. The van der Waals surface area contributed by atoms with Crippen LogP contribution < -0.4 is 0 Å². The molecule has 0 aliphatic carbocycles. The highest BCUT2D eigenvalue weighted by atomic mass is 32.2. The second-order valence-electron chi connectivity index (χ2n) is 7.64. The third-order valence-corrected chi connectivity index (χ3v) is 6.77. The van der Waals surface area contributed by atoms with Crippen LogP contribution in [0.2, 0.25) is 0 Å². The van der Waals surface area contributed by atoms with E-state index in [1.54, 1.807) is 16.4 Å². The second kappa shape index (κ2) is 6.41. The summed E-state index contributed by atoms with van der Waals surface area (Å²) in [5, 5.41) is 0. The Kier molecular flexibility index (Phi) is 4.77. The second-order valence-corrected chi connectivity index (χ2v) is 9.58. The van der Waals surface area contributed by atoms with E-state index >= 15 is 0 Å². The summed E-state index contributed by atoms with van der Waals surface area (Å²) >= 11 is 0. The molecule has 134 valence electrons. The fraction of sp³-hybridized carbons (Fsp3) is 0.667. The van der Waals surface area contributed by atoms with Crippen molar-refractivity contribution in [3.63, 3.8) is 0 Å². The van der Waals surface area contributed by atoms with Gasteiger partial charge in [0.2, 0.25) is 10.0 Å². The molecule has 2 aliphatic heterocycles. The molecule has 0 amide bonds. The first kappa shape index (κ1) is 17.9. The van der Waals surface area contributed by atoms with Crippen molar-refractivity contribution in [3.8, 4) is 0 Å². The maximum absolute atomic E-state index is 12.9. The van der Waals surface area contributed by atoms with Gasteiger partial charge in [-0.05, 0) is 29.5 Å². The molecule has 1 aromatic carbocycles. The first-order valence-corrected chi connectivity index (χ1v) is 10.1. The summed E-state index contributed by atoms with van der Waals surface area (Å²) in [4.78, 5) is 0.358. The van der Waals surface area contributed by atoms with Gasteiger partial charge >= 0.3 is 0 Å². The predicted octanol–water partition coefficient (Wildman–Crippen LogP) is 2.90. The van der Waals surface area contributed by atoms with Gasteiger partial charge in [-0.1, -0.05) is 32.9 Å². The van der Waals surface area contributed by atoms with E-state index in [-0.39, 0.29) is 5.41 Å². The summed E-state index contributed by atoms with van der Waals surface area (Å²) in [6.07, 6.45) is 2.09. The normalized spacial score (nSPS) is 22.6. The molecular formula is C18H27NO4S. The van der Waals surface area contributed by atoms with Gasteiger partial charge in [0.05, 0.1) is 18.1 Å². The lowest BCUT2D eigenvalue weighted by molar-refractivity contribution is -0.280. The maximum Gasteiger partial charge on any atom is 0.243 e. The molecular weight excluding hydrogens is 326 g/mol. The number of ether oxygens (including phenoxy) is 2. The van der Waals surface area contributed by atoms with Crippen molar-refractivity contribution >= 4 is 10.0 Å². The minimum absolute atomic E-state index is 0.00938. The molecule has 3 rings (SSSR count). The zero-order valence-corrected chi connectivity index (χ0v) is 15.6. The Bertz CT molecular complexity index is 660. The molecule has 0 aromatic heterocycles. The summed E-state index contributed by atoms with van der Waals surface area (Å²) in [5.41, 5.74) is 1.14. The molecule has 24 heavy (non-hydrogen) atoms. The minimum atomic E-state index is -3.46. The van der Waals surface area contributed by atoms with E-state index in [0.717, 1.165) is 12.0 Å². The van der Waals surface area contributed by atoms with Crippen LogP contribution in [-0.4, -0.2) is 44.8 Å². The van der Waals surface area contributed by atoms with Crippen LogP contribution in [0.3, 0.4) is 0 Å². The van der Waals surface area contributed by atoms with E-state index in [4.69, 9.17) is 9.47 Å². The number of hydrogen-bond acceptors (Lipinski definition) is 4. The first-order chi connectivity index (χ1) is 11.2. The number of sulfonamides is 1. The quantitative estimate of drug-likeness (QED) is 0.820. The first-order valence-electron chi connectivity index (χ1n) is 8.62. The van der Waals surface area contributed by atoms with Crippen molar-refractivity contribution in [3.05, 3.63) is 29.8 Å². The lowest BCUT2D eigenvalue weighted by atomic mass is 9.87. The highest BCUT2D eigenvalue weighted by Gasteiger charge is 2.41. The number of piperidine rings is 1. The Morgan fingerprint density at radius 3 is 2.04 bits per heavy atom. The third-order valence-electron chi connectivity index (χ3n) is 4.86. The van der Waals surface area contributed by atoms with E-state index in [9.17, 15) is 8.42 Å². The van der Waals surface area contributed by atoms with Gasteiger partial charge in [0.15, 0.2) is 5.79 Å². The maximum atomic E-state index is 12.9. The summed E-state index contributed by atoms with van der Waals surface area (Å²) in [7, 11) is -3.46. The summed E-state index contributed by atoms with van der Waals surface area (Å²) < 4.78 is 38.8. The molecule has 2 aliphatic rings. The van der Waals surface area contributed by atoms with E-state index in [1.807, 2.05) is 12.1 Å². The Morgan fingerprint density at radius 1 is 1.00 bits per heavy atom. The summed E-state index contributed by atoms with van der Waals surface area (Å²) in [6, 6.07) is 7.25. The van der Waals surface area contributed by atoms with Crippen molar-refractivity contribution in [2.75, 3.05) is 26.3 Å². The Morgan fingerprint density at radius 2 is 1.54 bits per heavy atom. The van der Waals surface area contributed by atoms with Crippen LogP contribution in [-0.2, 0) is 24.9 Å². The Labute approximate surface area is 145 Å². The molecule has 0 radical (unpaired) electrons. The molecule has 2 heterocycles. The van der Waals surface area contributed by atoms with Gasteiger partial charge in [-0.25, -0.2) is 8.42 Å². The summed E-state index contributed by atoms with van der Waals surface area (Å²) in [5.74, 6) is -0.569. The van der Waals surface area contributed by atoms with E-state index < -0.39 is 15.8 Å². The smallest absolute Gasteiger partial charge is 0.243 e. The van der Waals surface area contributed by atoms with Gasteiger partial charge in [-0.2, -0.15) is 4.31 Å². The highest BCUT2D eigenvalue weighted by molar-refractivity contribution is 7.89. The lowest BCUT2D eigenvalue weighted by Gasteiger charge is -2.42. The van der Waals surface area contributed by atoms with Gasteiger partial charge in [0.1, 0.15) is 0 Å². The average Bonchev–Trinajstić information content (AvgIpc) is 2.55. The molecule has 5 nitrogen and oxygen atoms in total. The molecule has 2 saturated heterocycles.